The summed E-state index contributed by atoms with van der Waals surface area (Å²) in [6, 6.07) is 11.7. The topological polar surface area (TPSA) is 45.2 Å². The lowest BCUT2D eigenvalue weighted by molar-refractivity contribution is -0.121. The molecule has 0 spiro atoms. The molecule has 0 atom stereocenters. The molecular weight excluding hydrogens is 322 g/mol. The smallest absolute Gasteiger partial charge is 0.220 e. The van der Waals surface area contributed by atoms with E-state index in [2.05, 4.69) is 21.3 Å². The molecule has 0 unspecified atom stereocenters. The molecule has 2 heterocycles. The number of amides is 1. The molecule has 3 rings (SSSR count). The van der Waals surface area contributed by atoms with E-state index in [0.717, 1.165) is 36.5 Å². The van der Waals surface area contributed by atoms with Crippen LogP contribution < -0.4 is 10.2 Å². The van der Waals surface area contributed by atoms with E-state index in [4.69, 9.17) is 11.6 Å². The average molecular weight is 344 g/mol. The number of nitrogens with one attached hydrogen (secondary N) is 1. The number of benzene rings is 1. The molecule has 5 heteroatoms. The number of rotatable bonds is 6. The van der Waals surface area contributed by atoms with Gasteiger partial charge in [-0.15, -0.1) is 0 Å². The summed E-state index contributed by atoms with van der Waals surface area (Å²) in [6.07, 6.45) is 5.49. The number of carbonyl (C=O) groups excluding carboxylic acids is 1. The predicted octanol–water partition coefficient (Wildman–Crippen LogP) is 3.58. The molecule has 2 aromatic rings. The summed E-state index contributed by atoms with van der Waals surface area (Å²) in [7, 11) is 0. The number of carbonyl (C=O) groups is 1. The van der Waals surface area contributed by atoms with Gasteiger partial charge in [0.25, 0.3) is 0 Å². The van der Waals surface area contributed by atoms with Gasteiger partial charge in [0.05, 0.1) is 0 Å². The van der Waals surface area contributed by atoms with Gasteiger partial charge in [-0.2, -0.15) is 0 Å². The van der Waals surface area contributed by atoms with Crippen molar-refractivity contribution in [1.82, 2.24) is 10.3 Å². The molecule has 1 aliphatic rings. The van der Waals surface area contributed by atoms with Crippen LogP contribution in [0.2, 0.25) is 5.02 Å². The molecule has 1 fully saturated rings. The van der Waals surface area contributed by atoms with Crippen LogP contribution >= 0.6 is 11.6 Å². The summed E-state index contributed by atoms with van der Waals surface area (Å²) in [4.78, 5) is 18.8. The van der Waals surface area contributed by atoms with Crippen LogP contribution in [0.5, 0.6) is 0 Å². The number of nitrogens with zero attached hydrogens (tertiary/aromatic N) is 2. The first kappa shape index (κ1) is 16.8. The Kier molecular flexibility index (Phi) is 5.70. The van der Waals surface area contributed by atoms with E-state index in [9.17, 15) is 4.79 Å². The van der Waals surface area contributed by atoms with E-state index < -0.39 is 0 Å². The van der Waals surface area contributed by atoms with E-state index in [1.807, 2.05) is 36.5 Å². The van der Waals surface area contributed by atoms with Gasteiger partial charge in [0, 0.05) is 37.3 Å². The minimum absolute atomic E-state index is 0.0365. The summed E-state index contributed by atoms with van der Waals surface area (Å²) >= 11 is 6.10. The molecule has 0 saturated carbocycles. The van der Waals surface area contributed by atoms with Gasteiger partial charge in [0.2, 0.25) is 5.91 Å². The monoisotopic (exact) mass is 343 g/mol. The van der Waals surface area contributed by atoms with Crippen molar-refractivity contribution in [3.63, 3.8) is 0 Å². The highest BCUT2D eigenvalue weighted by Crippen LogP contribution is 2.19. The first-order valence-electron chi connectivity index (χ1n) is 8.42. The Morgan fingerprint density at radius 3 is 2.79 bits per heavy atom. The maximum Gasteiger partial charge on any atom is 0.220 e. The molecule has 1 saturated heterocycles. The van der Waals surface area contributed by atoms with Crippen LogP contribution in [0.4, 0.5) is 5.82 Å². The van der Waals surface area contributed by atoms with Gasteiger partial charge in [-0.3, -0.25) is 4.79 Å². The number of halogens is 1. The maximum absolute atomic E-state index is 12.1. The number of pyridine rings is 1. The van der Waals surface area contributed by atoms with Crippen molar-refractivity contribution in [2.45, 2.75) is 32.2 Å². The second-order valence-corrected chi connectivity index (χ2v) is 6.49. The average Bonchev–Trinajstić information content (AvgIpc) is 3.14. The standard InChI is InChI=1S/C19H22ClN3O/c20-17-6-2-1-5-16(17)14-22-19(24)8-7-15-9-10-21-18(13-15)23-11-3-4-12-23/h1-2,5-6,9-10,13H,3-4,7-8,11-12,14H2,(H,22,24). The van der Waals surface area contributed by atoms with Crippen LogP contribution in [-0.2, 0) is 17.8 Å². The fourth-order valence-corrected chi connectivity index (χ4v) is 3.12. The molecule has 1 aliphatic heterocycles. The van der Waals surface area contributed by atoms with E-state index in [-0.39, 0.29) is 5.91 Å². The number of anilines is 1. The number of aromatic nitrogens is 1. The second-order valence-electron chi connectivity index (χ2n) is 6.08. The lowest BCUT2D eigenvalue weighted by Gasteiger charge is -2.16. The molecule has 126 valence electrons. The lowest BCUT2D eigenvalue weighted by atomic mass is 10.1. The van der Waals surface area contributed by atoms with Crippen LogP contribution in [0, 0.1) is 0 Å². The zero-order valence-corrected chi connectivity index (χ0v) is 14.4. The Morgan fingerprint density at radius 2 is 2.00 bits per heavy atom. The third-order valence-electron chi connectivity index (χ3n) is 4.31. The molecule has 1 amide bonds. The molecule has 4 nitrogen and oxygen atoms in total. The fourth-order valence-electron chi connectivity index (χ4n) is 2.92. The number of hydrogen-bond acceptors (Lipinski definition) is 3. The summed E-state index contributed by atoms with van der Waals surface area (Å²) in [5, 5.41) is 3.61. The first-order valence-corrected chi connectivity index (χ1v) is 8.80. The molecular formula is C19H22ClN3O. The highest BCUT2D eigenvalue weighted by molar-refractivity contribution is 6.31. The van der Waals surface area contributed by atoms with Gasteiger partial charge in [-0.25, -0.2) is 4.98 Å². The van der Waals surface area contributed by atoms with Crippen LogP contribution in [-0.4, -0.2) is 24.0 Å². The Morgan fingerprint density at radius 1 is 1.21 bits per heavy atom. The van der Waals surface area contributed by atoms with E-state index >= 15 is 0 Å². The van der Waals surface area contributed by atoms with E-state index in [0.29, 0.717) is 18.0 Å². The van der Waals surface area contributed by atoms with Gasteiger partial charge in [0.1, 0.15) is 5.82 Å². The van der Waals surface area contributed by atoms with Crippen LogP contribution in [0.15, 0.2) is 42.6 Å². The highest BCUT2D eigenvalue weighted by atomic mass is 35.5. The predicted molar refractivity (Wildman–Crippen MR) is 97.3 cm³/mol. The number of aryl methyl sites for hydroxylation is 1. The SMILES string of the molecule is O=C(CCc1ccnc(N2CCCC2)c1)NCc1ccccc1Cl. The zero-order chi connectivity index (χ0) is 16.8. The largest absolute Gasteiger partial charge is 0.357 e. The molecule has 0 aliphatic carbocycles. The Balaban J connectivity index is 1.49. The third-order valence-corrected chi connectivity index (χ3v) is 4.68. The molecule has 0 radical (unpaired) electrons. The molecule has 1 aromatic heterocycles. The molecule has 1 N–H and O–H groups in total. The zero-order valence-electron chi connectivity index (χ0n) is 13.7. The van der Waals surface area contributed by atoms with Crippen molar-refractivity contribution in [3.05, 3.63) is 58.7 Å². The summed E-state index contributed by atoms with van der Waals surface area (Å²) in [5.74, 6) is 1.07. The Hall–Kier alpha value is -2.07. The fraction of sp³-hybridized carbons (Fsp3) is 0.368. The van der Waals surface area contributed by atoms with Gasteiger partial charge in [-0.05, 0) is 48.6 Å². The van der Waals surface area contributed by atoms with Crippen LogP contribution in [0.1, 0.15) is 30.4 Å². The van der Waals surface area contributed by atoms with Crippen molar-refractivity contribution in [2.75, 3.05) is 18.0 Å². The highest BCUT2D eigenvalue weighted by Gasteiger charge is 2.13. The third kappa shape index (κ3) is 4.48. The molecule has 24 heavy (non-hydrogen) atoms. The summed E-state index contributed by atoms with van der Waals surface area (Å²) in [6.45, 7) is 2.62. The Bertz CT molecular complexity index is 699. The maximum atomic E-state index is 12.1. The van der Waals surface area contributed by atoms with Crippen molar-refractivity contribution < 1.29 is 4.79 Å². The van der Waals surface area contributed by atoms with Crippen molar-refractivity contribution in [2.24, 2.45) is 0 Å². The van der Waals surface area contributed by atoms with E-state index in [1.165, 1.54) is 12.8 Å². The molecule has 0 bridgehead atoms. The van der Waals surface area contributed by atoms with Crippen molar-refractivity contribution >= 4 is 23.3 Å². The quantitative estimate of drug-likeness (QED) is 0.871. The number of hydrogen-bond donors (Lipinski definition) is 1. The minimum Gasteiger partial charge on any atom is -0.357 e. The Labute approximate surface area is 147 Å². The normalized spacial score (nSPS) is 14.0. The van der Waals surface area contributed by atoms with Gasteiger partial charge >= 0.3 is 0 Å². The van der Waals surface area contributed by atoms with E-state index in [1.54, 1.807) is 0 Å². The summed E-state index contributed by atoms with van der Waals surface area (Å²) in [5.41, 5.74) is 2.09. The van der Waals surface area contributed by atoms with Crippen molar-refractivity contribution in [3.8, 4) is 0 Å². The van der Waals surface area contributed by atoms with Crippen LogP contribution in [0.3, 0.4) is 0 Å². The van der Waals surface area contributed by atoms with Crippen LogP contribution in [0.25, 0.3) is 0 Å². The lowest BCUT2D eigenvalue weighted by Crippen LogP contribution is -2.23. The van der Waals surface area contributed by atoms with Crippen molar-refractivity contribution in [1.29, 1.82) is 0 Å². The molecule has 1 aromatic carbocycles. The van der Waals surface area contributed by atoms with Gasteiger partial charge in [0.15, 0.2) is 0 Å². The minimum atomic E-state index is 0.0365. The summed E-state index contributed by atoms with van der Waals surface area (Å²) < 4.78 is 0. The van der Waals surface area contributed by atoms with Gasteiger partial charge < -0.3 is 10.2 Å². The first-order chi connectivity index (χ1) is 11.7. The second kappa shape index (κ2) is 8.15. The van der Waals surface area contributed by atoms with Gasteiger partial charge in [-0.1, -0.05) is 29.8 Å².